The Morgan fingerprint density at radius 3 is 2.39 bits per heavy atom. The number of benzene rings is 2. The summed E-state index contributed by atoms with van der Waals surface area (Å²) < 4.78 is 4.96. The van der Waals surface area contributed by atoms with Gasteiger partial charge in [0, 0.05) is 18.2 Å². The first-order valence-electron chi connectivity index (χ1n) is 7.82. The van der Waals surface area contributed by atoms with Crippen molar-refractivity contribution in [3.8, 4) is 0 Å². The fourth-order valence-electron chi connectivity index (χ4n) is 2.71. The SMILES string of the molecule is O=C(CN1C(=O)c2cccc([N+](=O)[O-])c2C1=O)OCc1cccc([N+](=O)[O-])c1. The molecule has 0 saturated carbocycles. The topological polar surface area (TPSA) is 150 Å². The first-order chi connectivity index (χ1) is 13.3. The second-order valence-corrected chi connectivity index (χ2v) is 5.74. The molecule has 0 aromatic heterocycles. The van der Waals surface area contributed by atoms with E-state index >= 15 is 0 Å². The Hall–Kier alpha value is -4.15. The molecule has 0 atom stereocenters. The molecule has 0 radical (unpaired) electrons. The molecule has 2 aromatic carbocycles. The lowest BCUT2D eigenvalue weighted by atomic mass is 10.1. The highest BCUT2D eigenvalue weighted by Crippen LogP contribution is 2.30. The van der Waals surface area contributed by atoms with Crippen LogP contribution < -0.4 is 0 Å². The third kappa shape index (κ3) is 3.40. The maximum atomic E-state index is 12.4. The average Bonchev–Trinajstić information content (AvgIpc) is 2.91. The number of carbonyl (C=O) groups excluding carboxylic acids is 3. The van der Waals surface area contributed by atoms with Gasteiger partial charge in [0.15, 0.2) is 0 Å². The van der Waals surface area contributed by atoms with E-state index in [4.69, 9.17) is 4.74 Å². The van der Waals surface area contributed by atoms with Crippen molar-refractivity contribution >= 4 is 29.2 Å². The fourth-order valence-corrected chi connectivity index (χ4v) is 2.71. The normalized spacial score (nSPS) is 12.6. The van der Waals surface area contributed by atoms with Gasteiger partial charge in [-0.05, 0) is 11.6 Å². The van der Waals surface area contributed by atoms with Crippen LogP contribution in [0.4, 0.5) is 11.4 Å². The number of imide groups is 1. The molecule has 0 unspecified atom stereocenters. The minimum atomic E-state index is -0.959. The zero-order valence-electron chi connectivity index (χ0n) is 14.1. The molecule has 28 heavy (non-hydrogen) atoms. The minimum absolute atomic E-state index is 0.161. The third-order valence-corrected chi connectivity index (χ3v) is 3.98. The number of hydrogen-bond acceptors (Lipinski definition) is 8. The highest BCUT2D eigenvalue weighted by atomic mass is 16.6. The molecule has 11 nitrogen and oxygen atoms in total. The van der Waals surface area contributed by atoms with Crippen LogP contribution in [0.1, 0.15) is 26.3 Å². The summed E-state index contributed by atoms with van der Waals surface area (Å²) >= 11 is 0. The van der Waals surface area contributed by atoms with Gasteiger partial charge in [-0.3, -0.25) is 39.5 Å². The van der Waals surface area contributed by atoms with Crippen LogP contribution in [0.5, 0.6) is 0 Å². The molecule has 1 aliphatic heterocycles. The molecule has 11 heteroatoms. The molecular weight excluding hydrogens is 374 g/mol. The molecular formula is C17H11N3O8. The zero-order valence-corrected chi connectivity index (χ0v) is 14.1. The van der Waals surface area contributed by atoms with Gasteiger partial charge >= 0.3 is 5.97 Å². The lowest BCUT2D eigenvalue weighted by molar-refractivity contribution is -0.385. The highest BCUT2D eigenvalue weighted by molar-refractivity contribution is 6.24. The fraction of sp³-hybridized carbons (Fsp3) is 0.118. The molecule has 0 aliphatic carbocycles. The largest absolute Gasteiger partial charge is 0.459 e. The van der Waals surface area contributed by atoms with E-state index in [1.54, 1.807) is 0 Å². The molecule has 0 fully saturated rings. The number of ether oxygens (including phenoxy) is 1. The van der Waals surface area contributed by atoms with Gasteiger partial charge in [-0.2, -0.15) is 0 Å². The van der Waals surface area contributed by atoms with Gasteiger partial charge in [-0.1, -0.05) is 18.2 Å². The van der Waals surface area contributed by atoms with Crippen molar-refractivity contribution in [1.82, 2.24) is 4.90 Å². The Kier molecular flexibility index (Phi) is 4.81. The molecule has 3 rings (SSSR count). The second-order valence-electron chi connectivity index (χ2n) is 5.74. The molecule has 0 N–H and O–H groups in total. The van der Waals surface area contributed by atoms with Gasteiger partial charge in [0.25, 0.3) is 23.2 Å². The number of fused-ring (bicyclic) bond motifs is 1. The number of carbonyl (C=O) groups is 3. The molecule has 0 spiro atoms. The third-order valence-electron chi connectivity index (χ3n) is 3.98. The second kappa shape index (κ2) is 7.23. The average molecular weight is 385 g/mol. The van der Waals surface area contributed by atoms with E-state index in [0.717, 1.165) is 6.07 Å². The quantitative estimate of drug-likeness (QED) is 0.316. The Bertz CT molecular complexity index is 1030. The van der Waals surface area contributed by atoms with Gasteiger partial charge in [-0.25, -0.2) is 0 Å². The summed E-state index contributed by atoms with van der Waals surface area (Å²) in [5.41, 5.74) is -0.889. The molecule has 2 amide bonds. The summed E-state index contributed by atoms with van der Waals surface area (Å²) in [7, 11) is 0. The summed E-state index contributed by atoms with van der Waals surface area (Å²) in [6.45, 7) is -1.04. The number of amides is 2. The van der Waals surface area contributed by atoms with Crippen LogP contribution >= 0.6 is 0 Å². The number of nitro benzene ring substituents is 2. The predicted octanol–water partition coefficient (Wildman–Crippen LogP) is 1.84. The van der Waals surface area contributed by atoms with Crippen LogP contribution in [0, 0.1) is 20.2 Å². The Morgan fingerprint density at radius 2 is 1.71 bits per heavy atom. The number of non-ortho nitro benzene ring substituents is 1. The molecule has 0 saturated heterocycles. The monoisotopic (exact) mass is 385 g/mol. The van der Waals surface area contributed by atoms with Gasteiger partial charge in [0.2, 0.25) is 0 Å². The lowest BCUT2D eigenvalue weighted by Gasteiger charge is -2.13. The Labute approximate surface area is 156 Å². The standard InChI is InChI=1S/C17H11N3O8/c21-14(28-9-10-3-1-4-11(7-10)19(24)25)8-18-16(22)12-5-2-6-13(20(26)27)15(12)17(18)23/h1-7H,8-9H2. The number of nitrogens with zero attached hydrogens (tertiary/aromatic N) is 3. The number of esters is 1. The van der Waals surface area contributed by atoms with E-state index in [2.05, 4.69) is 0 Å². The molecule has 2 aromatic rings. The van der Waals surface area contributed by atoms with Crippen molar-refractivity contribution in [3.05, 3.63) is 79.4 Å². The maximum Gasteiger partial charge on any atom is 0.326 e. The van der Waals surface area contributed by atoms with Crippen LogP contribution in [-0.2, 0) is 16.1 Å². The van der Waals surface area contributed by atoms with Crippen molar-refractivity contribution in [2.45, 2.75) is 6.61 Å². The molecule has 142 valence electrons. The number of rotatable bonds is 6. The smallest absolute Gasteiger partial charge is 0.326 e. The Balaban J connectivity index is 1.70. The molecule has 1 heterocycles. The summed E-state index contributed by atoms with van der Waals surface area (Å²) in [5.74, 6) is -2.74. The zero-order chi connectivity index (χ0) is 20.4. The maximum absolute atomic E-state index is 12.4. The predicted molar refractivity (Wildman–Crippen MR) is 91.4 cm³/mol. The first kappa shape index (κ1) is 18.6. The van der Waals surface area contributed by atoms with Crippen molar-refractivity contribution in [2.24, 2.45) is 0 Å². The van der Waals surface area contributed by atoms with Gasteiger partial charge in [0.1, 0.15) is 18.7 Å². The number of nitro groups is 2. The van der Waals surface area contributed by atoms with E-state index in [0.29, 0.717) is 10.5 Å². The minimum Gasteiger partial charge on any atom is -0.459 e. The van der Waals surface area contributed by atoms with Crippen molar-refractivity contribution in [1.29, 1.82) is 0 Å². The summed E-state index contributed by atoms with van der Waals surface area (Å²) in [6, 6.07) is 9.04. The van der Waals surface area contributed by atoms with Crippen LogP contribution in [0.2, 0.25) is 0 Å². The first-order valence-corrected chi connectivity index (χ1v) is 7.82. The van der Waals surface area contributed by atoms with Crippen LogP contribution in [0.3, 0.4) is 0 Å². The van der Waals surface area contributed by atoms with E-state index in [1.165, 1.54) is 36.4 Å². The van der Waals surface area contributed by atoms with E-state index in [1.807, 2.05) is 0 Å². The highest BCUT2D eigenvalue weighted by Gasteiger charge is 2.41. The van der Waals surface area contributed by atoms with Crippen LogP contribution in [0.15, 0.2) is 42.5 Å². The summed E-state index contributed by atoms with van der Waals surface area (Å²) in [5, 5.41) is 21.8. The van der Waals surface area contributed by atoms with Gasteiger partial charge in [0.05, 0.1) is 15.4 Å². The van der Waals surface area contributed by atoms with E-state index in [9.17, 15) is 34.6 Å². The Morgan fingerprint density at radius 1 is 1.00 bits per heavy atom. The lowest BCUT2D eigenvalue weighted by Crippen LogP contribution is -2.35. The number of hydrogen-bond donors (Lipinski definition) is 0. The van der Waals surface area contributed by atoms with Gasteiger partial charge < -0.3 is 4.74 Å². The molecule has 1 aliphatic rings. The van der Waals surface area contributed by atoms with Crippen LogP contribution in [-0.4, -0.2) is 39.1 Å². The van der Waals surface area contributed by atoms with Crippen LogP contribution in [0.25, 0.3) is 0 Å². The summed E-state index contributed by atoms with van der Waals surface area (Å²) in [4.78, 5) is 57.7. The van der Waals surface area contributed by atoms with E-state index < -0.39 is 39.9 Å². The summed E-state index contributed by atoms with van der Waals surface area (Å²) in [6.07, 6.45) is 0. The van der Waals surface area contributed by atoms with Crippen molar-refractivity contribution in [3.63, 3.8) is 0 Å². The van der Waals surface area contributed by atoms with Gasteiger partial charge in [-0.15, -0.1) is 0 Å². The molecule has 0 bridgehead atoms. The van der Waals surface area contributed by atoms with Crippen molar-refractivity contribution < 1.29 is 29.0 Å². The van der Waals surface area contributed by atoms with Crippen molar-refractivity contribution in [2.75, 3.05) is 6.54 Å². The van der Waals surface area contributed by atoms with E-state index in [-0.39, 0.29) is 23.4 Å².